The molecule has 1 heterocycles. The van der Waals surface area contributed by atoms with Crippen molar-refractivity contribution in [3.05, 3.63) is 20.4 Å². The lowest BCUT2D eigenvalue weighted by molar-refractivity contribution is 0.373. The van der Waals surface area contributed by atoms with E-state index in [0.717, 1.165) is 12.8 Å². The third-order valence-corrected chi connectivity index (χ3v) is 3.80. The van der Waals surface area contributed by atoms with Gasteiger partial charge in [-0.3, -0.25) is 14.2 Å². The Morgan fingerprint density at radius 1 is 1.22 bits per heavy atom. The standard InChI is InChI=1S/C10H15N2O5P/c13-9-7-8(10(9)14)12(4-2-1-3-11-7)5-6-18(15,16)17/h11H,1-6H2,(H2,15,16,17). The number of nitrogens with zero attached hydrogens (tertiary/aromatic N) is 1. The number of hydrogen-bond acceptors (Lipinski definition) is 5. The maximum absolute atomic E-state index is 11.5. The molecule has 1 aliphatic rings. The molecule has 18 heavy (non-hydrogen) atoms. The van der Waals surface area contributed by atoms with Gasteiger partial charge >= 0.3 is 7.60 Å². The number of nitrogens with one attached hydrogen (secondary N) is 1. The summed E-state index contributed by atoms with van der Waals surface area (Å²) >= 11 is 0. The highest BCUT2D eigenvalue weighted by Crippen LogP contribution is 2.34. The zero-order valence-electron chi connectivity index (χ0n) is 9.76. The van der Waals surface area contributed by atoms with E-state index >= 15 is 0 Å². The second-order valence-corrected chi connectivity index (χ2v) is 6.17. The van der Waals surface area contributed by atoms with E-state index in [1.165, 1.54) is 0 Å². The fourth-order valence-electron chi connectivity index (χ4n) is 2.07. The van der Waals surface area contributed by atoms with Crippen LogP contribution in [0.3, 0.4) is 0 Å². The van der Waals surface area contributed by atoms with Gasteiger partial charge in [0, 0.05) is 19.6 Å². The Bertz CT molecular complexity index is 557. The molecule has 0 bridgehead atoms. The van der Waals surface area contributed by atoms with Crippen molar-refractivity contribution >= 4 is 19.0 Å². The van der Waals surface area contributed by atoms with Crippen molar-refractivity contribution in [2.24, 2.45) is 0 Å². The molecule has 7 nitrogen and oxygen atoms in total. The molecule has 0 aliphatic carbocycles. The van der Waals surface area contributed by atoms with Crippen LogP contribution in [0.25, 0.3) is 0 Å². The van der Waals surface area contributed by atoms with Crippen molar-refractivity contribution in [1.82, 2.24) is 0 Å². The minimum Gasteiger partial charge on any atom is -0.380 e. The molecule has 0 aromatic heterocycles. The molecule has 1 aromatic carbocycles. The summed E-state index contributed by atoms with van der Waals surface area (Å²) in [6, 6.07) is 0. The smallest absolute Gasteiger partial charge is 0.327 e. The summed E-state index contributed by atoms with van der Waals surface area (Å²) in [6.07, 6.45) is 1.35. The first kappa shape index (κ1) is 13.3. The minimum absolute atomic E-state index is 0.0871. The van der Waals surface area contributed by atoms with Crippen LogP contribution in [0.15, 0.2) is 9.59 Å². The molecule has 100 valence electrons. The summed E-state index contributed by atoms with van der Waals surface area (Å²) in [7, 11) is -4.10. The predicted molar refractivity (Wildman–Crippen MR) is 68.2 cm³/mol. The van der Waals surface area contributed by atoms with E-state index in [-0.39, 0.29) is 18.4 Å². The van der Waals surface area contributed by atoms with Crippen molar-refractivity contribution in [1.29, 1.82) is 0 Å². The average Bonchev–Trinajstić information content (AvgIpc) is 2.26. The second-order valence-electron chi connectivity index (χ2n) is 4.39. The van der Waals surface area contributed by atoms with E-state index in [2.05, 4.69) is 5.32 Å². The van der Waals surface area contributed by atoms with Crippen molar-refractivity contribution in [2.75, 3.05) is 36.0 Å². The molecular formula is C10H15N2O5P. The summed E-state index contributed by atoms with van der Waals surface area (Å²) in [5.41, 5.74) is -0.517. The van der Waals surface area contributed by atoms with Crippen molar-refractivity contribution < 1.29 is 14.4 Å². The minimum atomic E-state index is -4.10. The van der Waals surface area contributed by atoms with Crippen LogP contribution in [0.1, 0.15) is 12.8 Å². The number of rotatable bonds is 3. The summed E-state index contributed by atoms with van der Waals surface area (Å²) in [4.78, 5) is 42.2. The zero-order valence-corrected chi connectivity index (χ0v) is 10.7. The molecule has 0 fully saturated rings. The van der Waals surface area contributed by atoms with Gasteiger partial charge in [-0.15, -0.1) is 0 Å². The van der Waals surface area contributed by atoms with Crippen LogP contribution in [0.4, 0.5) is 11.4 Å². The highest BCUT2D eigenvalue weighted by Gasteiger charge is 2.28. The molecule has 8 heteroatoms. The quantitative estimate of drug-likeness (QED) is 0.502. The predicted octanol–water partition coefficient (Wildman–Crippen LogP) is -0.528. The molecule has 1 aliphatic heterocycles. The van der Waals surface area contributed by atoms with Gasteiger partial charge < -0.3 is 20.0 Å². The Labute approximate surface area is 103 Å². The van der Waals surface area contributed by atoms with Crippen LogP contribution in [0.5, 0.6) is 0 Å². The van der Waals surface area contributed by atoms with E-state index in [1.807, 2.05) is 0 Å². The number of hydrogen-bond donors (Lipinski definition) is 3. The van der Waals surface area contributed by atoms with E-state index in [9.17, 15) is 14.2 Å². The Kier molecular flexibility index (Phi) is 3.56. The maximum Gasteiger partial charge on any atom is 0.327 e. The van der Waals surface area contributed by atoms with Gasteiger partial charge in [-0.2, -0.15) is 0 Å². The third-order valence-electron chi connectivity index (χ3n) is 3.02. The second kappa shape index (κ2) is 4.84. The van der Waals surface area contributed by atoms with Crippen LogP contribution in [-0.2, 0) is 4.57 Å². The lowest BCUT2D eigenvalue weighted by Gasteiger charge is -2.29. The monoisotopic (exact) mass is 274 g/mol. The van der Waals surface area contributed by atoms with Gasteiger partial charge in [0.25, 0.3) is 10.9 Å². The topological polar surface area (TPSA) is 107 Å². The van der Waals surface area contributed by atoms with Crippen LogP contribution in [0.2, 0.25) is 0 Å². The molecule has 3 N–H and O–H groups in total. The first-order chi connectivity index (χ1) is 8.40. The first-order valence-electron chi connectivity index (χ1n) is 5.77. The largest absolute Gasteiger partial charge is 0.380 e. The molecular weight excluding hydrogens is 259 g/mol. The van der Waals surface area contributed by atoms with Gasteiger partial charge in [0.05, 0.1) is 6.16 Å². The molecule has 0 radical (unpaired) electrons. The molecule has 0 saturated heterocycles. The third kappa shape index (κ3) is 2.63. The Morgan fingerprint density at radius 3 is 2.61 bits per heavy atom. The van der Waals surface area contributed by atoms with Crippen LogP contribution >= 0.6 is 7.60 Å². The van der Waals surface area contributed by atoms with Gasteiger partial charge in [-0.05, 0) is 12.8 Å². The molecule has 0 amide bonds. The van der Waals surface area contributed by atoms with Crippen LogP contribution in [0, 0.1) is 0 Å². The molecule has 0 saturated carbocycles. The van der Waals surface area contributed by atoms with Crippen LogP contribution in [-0.4, -0.2) is 35.6 Å². The zero-order chi connectivity index (χ0) is 13.3. The van der Waals surface area contributed by atoms with Crippen molar-refractivity contribution in [3.8, 4) is 0 Å². The highest BCUT2D eigenvalue weighted by molar-refractivity contribution is 7.51. The molecule has 0 atom stereocenters. The number of fused-ring (bicyclic) bond motifs is 1. The maximum atomic E-state index is 11.5. The normalized spacial score (nSPS) is 16.9. The van der Waals surface area contributed by atoms with Crippen molar-refractivity contribution in [3.63, 3.8) is 0 Å². The Morgan fingerprint density at radius 2 is 1.94 bits per heavy atom. The van der Waals surface area contributed by atoms with Gasteiger partial charge in [-0.1, -0.05) is 0 Å². The summed E-state index contributed by atoms with van der Waals surface area (Å²) in [6.45, 7) is 1.27. The van der Waals surface area contributed by atoms with Gasteiger partial charge in [-0.25, -0.2) is 0 Å². The van der Waals surface area contributed by atoms with Crippen molar-refractivity contribution in [2.45, 2.75) is 12.8 Å². The van der Waals surface area contributed by atoms with Gasteiger partial charge in [0.1, 0.15) is 11.4 Å². The Balaban J connectivity index is 2.20. The van der Waals surface area contributed by atoms with E-state index in [0.29, 0.717) is 18.8 Å². The lowest BCUT2D eigenvalue weighted by atomic mass is 10.1. The molecule has 0 spiro atoms. The first-order valence-corrected chi connectivity index (χ1v) is 7.56. The summed E-state index contributed by atoms with van der Waals surface area (Å²) < 4.78 is 10.9. The molecule has 1 aromatic rings. The summed E-state index contributed by atoms with van der Waals surface area (Å²) in [5.74, 6) is 0. The fraction of sp³-hybridized carbons (Fsp3) is 0.600. The van der Waals surface area contributed by atoms with Gasteiger partial charge in [0.2, 0.25) is 0 Å². The molecule has 2 rings (SSSR count). The Hall–Kier alpha value is -1.17. The number of anilines is 2. The lowest BCUT2D eigenvalue weighted by Crippen LogP contribution is -2.45. The van der Waals surface area contributed by atoms with E-state index in [1.54, 1.807) is 4.90 Å². The van der Waals surface area contributed by atoms with E-state index in [4.69, 9.17) is 9.79 Å². The molecule has 0 unspecified atom stereocenters. The van der Waals surface area contributed by atoms with E-state index < -0.39 is 18.5 Å². The average molecular weight is 274 g/mol. The van der Waals surface area contributed by atoms with Gasteiger partial charge in [0.15, 0.2) is 0 Å². The fourth-order valence-corrected chi connectivity index (χ4v) is 2.57. The SMILES string of the molecule is O=c1c2c(c1=O)N(CCP(=O)(O)O)CCCCN2. The summed E-state index contributed by atoms with van der Waals surface area (Å²) in [5, 5.41) is 2.90. The highest BCUT2D eigenvalue weighted by atomic mass is 31.2. The van der Waals surface area contributed by atoms with Crippen LogP contribution < -0.4 is 21.1 Å².